The normalized spacial score (nSPS) is 20.6. The van der Waals surface area contributed by atoms with Crippen LogP contribution in [0, 0.1) is 0 Å². The maximum absolute atomic E-state index is 13.2. The Morgan fingerprint density at radius 3 is 2.24 bits per heavy atom. The van der Waals surface area contributed by atoms with Gasteiger partial charge in [-0.15, -0.1) is 0 Å². The molecule has 156 valence electrons. The van der Waals surface area contributed by atoms with Crippen molar-refractivity contribution in [2.45, 2.75) is 50.8 Å². The van der Waals surface area contributed by atoms with Crippen molar-refractivity contribution in [2.75, 3.05) is 18.0 Å². The van der Waals surface area contributed by atoms with E-state index in [1.54, 1.807) is 23.1 Å². The quantitative estimate of drug-likeness (QED) is 0.748. The van der Waals surface area contributed by atoms with E-state index < -0.39 is 10.0 Å². The van der Waals surface area contributed by atoms with Crippen LogP contribution in [0.3, 0.4) is 0 Å². The SMILES string of the molecule is CC1CN(S(=O)(=O)c2cccc(C(=O)N(c3ccccc3)C(C)C)c2)CC(C)O1. The first-order chi connectivity index (χ1) is 13.7. The molecular weight excluding hydrogens is 388 g/mol. The second-order valence-electron chi connectivity index (χ2n) is 7.71. The number of ether oxygens (including phenoxy) is 1. The Hall–Kier alpha value is -2.22. The summed E-state index contributed by atoms with van der Waals surface area (Å²) < 4.78 is 33.4. The molecule has 2 aromatic carbocycles. The van der Waals surface area contributed by atoms with Gasteiger partial charge in [0.15, 0.2) is 0 Å². The van der Waals surface area contributed by atoms with Crippen molar-refractivity contribution in [1.29, 1.82) is 0 Å². The Morgan fingerprint density at radius 1 is 1.03 bits per heavy atom. The number of nitrogens with zero attached hydrogens (tertiary/aromatic N) is 2. The summed E-state index contributed by atoms with van der Waals surface area (Å²) in [5.74, 6) is -0.230. The molecule has 0 aliphatic carbocycles. The standard InChI is InChI=1S/C22H28N2O4S/c1-16(2)24(20-10-6-5-7-11-20)22(25)19-9-8-12-21(13-19)29(26,27)23-14-17(3)28-18(4)15-23/h5-13,16-18H,14-15H2,1-4H3. The summed E-state index contributed by atoms with van der Waals surface area (Å²) in [5, 5.41) is 0. The van der Waals surface area contributed by atoms with Crippen LogP contribution >= 0.6 is 0 Å². The summed E-state index contributed by atoms with van der Waals surface area (Å²) in [6, 6.07) is 15.6. The molecule has 1 amide bonds. The predicted octanol–water partition coefficient (Wildman–Crippen LogP) is 3.54. The van der Waals surface area contributed by atoms with Gasteiger partial charge in [0.05, 0.1) is 17.1 Å². The summed E-state index contributed by atoms with van der Waals surface area (Å²) >= 11 is 0. The van der Waals surface area contributed by atoms with Crippen molar-refractivity contribution in [3.8, 4) is 0 Å². The van der Waals surface area contributed by atoms with Crippen molar-refractivity contribution in [3.05, 3.63) is 60.2 Å². The van der Waals surface area contributed by atoms with Gasteiger partial charge in [-0.05, 0) is 58.0 Å². The average molecular weight is 417 g/mol. The van der Waals surface area contributed by atoms with Crippen LogP contribution in [0.1, 0.15) is 38.1 Å². The molecule has 29 heavy (non-hydrogen) atoms. The Balaban J connectivity index is 1.93. The molecule has 1 heterocycles. The number of morpholine rings is 1. The lowest BCUT2D eigenvalue weighted by Crippen LogP contribution is -2.48. The average Bonchev–Trinajstić information content (AvgIpc) is 2.68. The highest BCUT2D eigenvalue weighted by Crippen LogP contribution is 2.24. The molecule has 2 unspecified atom stereocenters. The lowest BCUT2D eigenvalue weighted by atomic mass is 10.1. The van der Waals surface area contributed by atoms with Crippen LogP contribution in [-0.4, -0.2) is 50.0 Å². The maximum Gasteiger partial charge on any atom is 0.258 e. The molecule has 3 rings (SSSR count). The van der Waals surface area contributed by atoms with E-state index in [4.69, 9.17) is 4.74 Å². The molecule has 0 aromatic heterocycles. The molecule has 6 nitrogen and oxygen atoms in total. The minimum atomic E-state index is -3.71. The lowest BCUT2D eigenvalue weighted by Gasteiger charge is -2.34. The van der Waals surface area contributed by atoms with Crippen LogP contribution in [0.2, 0.25) is 0 Å². The molecule has 7 heteroatoms. The summed E-state index contributed by atoms with van der Waals surface area (Å²) in [5.41, 5.74) is 1.12. The summed E-state index contributed by atoms with van der Waals surface area (Å²) in [4.78, 5) is 15.0. The van der Waals surface area contributed by atoms with E-state index >= 15 is 0 Å². The topological polar surface area (TPSA) is 66.9 Å². The first-order valence-electron chi connectivity index (χ1n) is 9.84. The number of carbonyl (C=O) groups is 1. The Bertz CT molecular complexity index is 950. The second-order valence-corrected chi connectivity index (χ2v) is 9.65. The molecule has 0 bridgehead atoms. The van der Waals surface area contributed by atoms with Crippen LogP contribution in [0.15, 0.2) is 59.5 Å². The molecule has 0 radical (unpaired) electrons. The van der Waals surface area contributed by atoms with Crippen LogP contribution in [-0.2, 0) is 14.8 Å². The van der Waals surface area contributed by atoms with Gasteiger partial charge in [0.2, 0.25) is 10.0 Å². The molecule has 0 spiro atoms. The summed E-state index contributed by atoms with van der Waals surface area (Å²) in [6.07, 6.45) is -0.347. The van der Waals surface area contributed by atoms with E-state index in [0.717, 1.165) is 5.69 Å². The first kappa shape index (κ1) is 21.5. The number of sulfonamides is 1. The number of rotatable bonds is 5. The van der Waals surface area contributed by atoms with Gasteiger partial charge in [0, 0.05) is 30.4 Å². The number of amides is 1. The molecular formula is C22H28N2O4S. The van der Waals surface area contributed by atoms with Gasteiger partial charge in [-0.1, -0.05) is 24.3 Å². The number of hydrogen-bond acceptors (Lipinski definition) is 4. The fourth-order valence-corrected chi connectivity index (χ4v) is 5.28. The fraction of sp³-hybridized carbons (Fsp3) is 0.409. The highest BCUT2D eigenvalue weighted by Gasteiger charge is 2.33. The molecule has 2 atom stereocenters. The van der Waals surface area contributed by atoms with E-state index in [2.05, 4.69) is 0 Å². The zero-order valence-electron chi connectivity index (χ0n) is 17.3. The van der Waals surface area contributed by atoms with Crippen molar-refractivity contribution >= 4 is 21.6 Å². The monoisotopic (exact) mass is 416 g/mol. The number of anilines is 1. The number of benzene rings is 2. The highest BCUT2D eigenvalue weighted by atomic mass is 32.2. The van der Waals surface area contributed by atoms with E-state index in [9.17, 15) is 13.2 Å². The minimum absolute atomic E-state index is 0.0777. The van der Waals surface area contributed by atoms with E-state index in [0.29, 0.717) is 18.7 Å². The first-order valence-corrected chi connectivity index (χ1v) is 11.3. The summed E-state index contributed by atoms with van der Waals surface area (Å²) in [7, 11) is -3.71. The molecule has 2 aromatic rings. The molecule has 0 saturated carbocycles. The molecule has 1 aliphatic heterocycles. The van der Waals surface area contributed by atoms with E-state index in [-0.39, 0.29) is 29.1 Å². The zero-order chi connectivity index (χ0) is 21.2. The maximum atomic E-state index is 13.2. The van der Waals surface area contributed by atoms with Gasteiger partial charge in [-0.25, -0.2) is 8.42 Å². The van der Waals surface area contributed by atoms with E-state index in [1.807, 2.05) is 58.0 Å². The molecule has 1 fully saturated rings. The molecule has 1 saturated heterocycles. The largest absolute Gasteiger partial charge is 0.373 e. The lowest BCUT2D eigenvalue weighted by molar-refractivity contribution is -0.0440. The van der Waals surface area contributed by atoms with Crippen molar-refractivity contribution in [3.63, 3.8) is 0 Å². The third-order valence-corrected chi connectivity index (χ3v) is 6.70. The number of para-hydroxylation sites is 1. The molecule has 1 aliphatic rings. The summed E-state index contributed by atoms with van der Waals surface area (Å²) in [6.45, 7) is 8.18. The number of carbonyl (C=O) groups excluding carboxylic acids is 1. The third-order valence-electron chi connectivity index (χ3n) is 4.87. The molecule has 0 N–H and O–H groups in total. The van der Waals surface area contributed by atoms with Crippen LogP contribution < -0.4 is 4.90 Å². The van der Waals surface area contributed by atoms with Crippen LogP contribution in [0.25, 0.3) is 0 Å². The van der Waals surface area contributed by atoms with Gasteiger partial charge in [-0.3, -0.25) is 4.79 Å². The van der Waals surface area contributed by atoms with Gasteiger partial charge >= 0.3 is 0 Å². The Kier molecular flexibility index (Phi) is 6.41. The van der Waals surface area contributed by atoms with Crippen molar-refractivity contribution in [2.24, 2.45) is 0 Å². The Labute approximate surface area is 173 Å². The zero-order valence-corrected chi connectivity index (χ0v) is 18.1. The van der Waals surface area contributed by atoms with Gasteiger partial charge in [0.25, 0.3) is 5.91 Å². The van der Waals surface area contributed by atoms with Crippen molar-refractivity contribution in [1.82, 2.24) is 4.31 Å². The van der Waals surface area contributed by atoms with Crippen molar-refractivity contribution < 1.29 is 17.9 Å². The highest BCUT2D eigenvalue weighted by molar-refractivity contribution is 7.89. The van der Waals surface area contributed by atoms with Gasteiger partial charge in [0.1, 0.15) is 0 Å². The smallest absolute Gasteiger partial charge is 0.258 e. The number of hydrogen-bond donors (Lipinski definition) is 0. The fourth-order valence-electron chi connectivity index (χ4n) is 3.64. The van der Waals surface area contributed by atoms with Crippen LogP contribution in [0.5, 0.6) is 0 Å². The van der Waals surface area contributed by atoms with Gasteiger partial charge in [-0.2, -0.15) is 4.31 Å². The predicted molar refractivity (Wildman–Crippen MR) is 114 cm³/mol. The van der Waals surface area contributed by atoms with Gasteiger partial charge < -0.3 is 9.64 Å². The van der Waals surface area contributed by atoms with E-state index in [1.165, 1.54) is 10.4 Å². The minimum Gasteiger partial charge on any atom is -0.373 e. The third kappa shape index (κ3) is 4.69. The van der Waals surface area contributed by atoms with Crippen LogP contribution in [0.4, 0.5) is 5.69 Å². The Morgan fingerprint density at radius 2 is 1.66 bits per heavy atom. The second kappa shape index (κ2) is 8.65.